The fourth-order valence-corrected chi connectivity index (χ4v) is 2.63. The van der Waals surface area contributed by atoms with Crippen molar-refractivity contribution in [2.75, 3.05) is 6.79 Å². The predicted octanol–water partition coefficient (Wildman–Crippen LogP) is 3.93. The highest BCUT2D eigenvalue weighted by molar-refractivity contribution is 5.95. The number of ether oxygens (including phenoxy) is 2. The van der Waals surface area contributed by atoms with Gasteiger partial charge in [-0.05, 0) is 52.2 Å². The highest BCUT2D eigenvalue weighted by Crippen LogP contribution is 2.36. The number of carboxylic acids is 1. The first-order valence-electron chi connectivity index (χ1n) is 6.88. The molecule has 0 bridgehead atoms. The molecule has 0 saturated carbocycles. The molecule has 0 radical (unpaired) electrons. The lowest BCUT2D eigenvalue weighted by Gasteiger charge is -2.06. The van der Waals surface area contributed by atoms with Gasteiger partial charge in [0.1, 0.15) is 0 Å². The summed E-state index contributed by atoms with van der Waals surface area (Å²) in [5.74, 6) is 0.594. The maximum absolute atomic E-state index is 11.0. The van der Waals surface area contributed by atoms with Crippen LogP contribution in [0.4, 0.5) is 0 Å². The molecule has 0 spiro atoms. The lowest BCUT2D eigenvalue weighted by Crippen LogP contribution is -1.95. The van der Waals surface area contributed by atoms with Crippen LogP contribution in [0, 0.1) is 0 Å². The summed E-state index contributed by atoms with van der Waals surface area (Å²) in [6, 6.07) is 16.9. The maximum atomic E-state index is 11.0. The van der Waals surface area contributed by atoms with Crippen molar-refractivity contribution in [3.05, 3.63) is 60.2 Å². The van der Waals surface area contributed by atoms with Crippen LogP contribution < -0.4 is 9.47 Å². The molecule has 4 rings (SSSR count). The molecule has 4 nitrogen and oxygen atoms in total. The van der Waals surface area contributed by atoms with Crippen LogP contribution in [0.1, 0.15) is 10.4 Å². The van der Waals surface area contributed by atoms with E-state index in [-0.39, 0.29) is 6.79 Å². The first-order chi connectivity index (χ1) is 10.7. The number of rotatable bonds is 2. The summed E-state index contributed by atoms with van der Waals surface area (Å²) in [6.45, 7) is 0.258. The predicted molar refractivity (Wildman–Crippen MR) is 82.5 cm³/mol. The maximum Gasteiger partial charge on any atom is 0.335 e. The normalized spacial score (nSPS) is 12.5. The van der Waals surface area contributed by atoms with E-state index < -0.39 is 5.97 Å². The fraction of sp³-hybridized carbons (Fsp3) is 0.0556. The van der Waals surface area contributed by atoms with Gasteiger partial charge in [-0.25, -0.2) is 4.79 Å². The summed E-state index contributed by atoms with van der Waals surface area (Å²) in [6.07, 6.45) is 0. The zero-order chi connectivity index (χ0) is 15.1. The van der Waals surface area contributed by atoms with Gasteiger partial charge < -0.3 is 14.6 Å². The zero-order valence-electron chi connectivity index (χ0n) is 11.6. The van der Waals surface area contributed by atoms with Gasteiger partial charge in [-0.1, -0.05) is 24.3 Å². The van der Waals surface area contributed by atoms with E-state index in [1.807, 2.05) is 42.5 Å². The standard InChI is InChI=1S/C18H12O4/c19-18(20)15-4-3-11-7-12(1-2-13(11)8-15)14-5-6-16-17(9-14)22-10-21-16/h1-9H,10H2,(H,19,20). The molecule has 1 aliphatic rings. The number of fused-ring (bicyclic) bond motifs is 2. The Bertz CT molecular complexity index is 899. The van der Waals surface area contributed by atoms with Gasteiger partial charge in [0.25, 0.3) is 0 Å². The minimum Gasteiger partial charge on any atom is -0.478 e. The summed E-state index contributed by atoms with van der Waals surface area (Å²) in [5, 5.41) is 10.9. The van der Waals surface area contributed by atoms with E-state index in [1.165, 1.54) is 0 Å². The lowest BCUT2D eigenvalue weighted by molar-refractivity contribution is 0.0697. The van der Waals surface area contributed by atoms with Crippen molar-refractivity contribution in [3.63, 3.8) is 0 Å². The minimum atomic E-state index is -0.915. The van der Waals surface area contributed by atoms with E-state index in [9.17, 15) is 4.79 Å². The number of aromatic carboxylic acids is 1. The monoisotopic (exact) mass is 292 g/mol. The quantitative estimate of drug-likeness (QED) is 0.777. The second-order valence-corrected chi connectivity index (χ2v) is 5.15. The van der Waals surface area contributed by atoms with Gasteiger partial charge in [-0.2, -0.15) is 0 Å². The molecule has 1 aliphatic heterocycles. The third kappa shape index (κ3) is 2.05. The van der Waals surface area contributed by atoms with E-state index in [0.717, 1.165) is 33.4 Å². The minimum absolute atomic E-state index is 0.258. The Morgan fingerprint density at radius 2 is 1.50 bits per heavy atom. The zero-order valence-corrected chi connectivity index (χ0v) is 11.6. The van der Waals surface area contributed by atoms with Gasteiger partial charge in [-0.15, -0.1) is 0 Å². The Morgan fingerprint density at radius 1 is 0.818 bits per heavy atom. The topological polar surface area (TPSA) is 55.8 Å². The van der Waals surface area contributed by atoms with Crippen molar-refractivity contribution in [2.24, 2.45) is 0 Å². The summed E-state index contributed by atoms with van der Waals surface area (Å²) in [5.41, 5.74) is 2.38. The van der Waals surface area contributed by atoms with Crippen molar-refractivity contribution in [1.29, 1.82) is 0 Å². The molecular weight excluding hydrogens is 280 g/mol. The average molecular weight is 292 g/mol. The number of hydrogen-bond donors (Lipinski definition) is 1. The SMILES string of the molecule is O=C(O)c1ccc2cc(-c3ccc4c(c3)OCO4)ccc2c1. The molecule has 0 amide bonds. The van der Waals surface area contributed by atoms with Crippen LogP contribution >= 0.6 is 0 Å². The summed E-state index contributed by atoms with van der Waals surface area (Å²) >= 11 is 0. The van der Waals surface area contributed by atoms with Crippen LogP contribution in [0.5, 0.6) is 11.5 Å². The lowest BCUT2D eigenvalue weighted by atomic mass is 9.99. The number of carboxylic acid groups (broad SMARTS) is 1. The van der Waals surface area contributed by atoms with E-state index in [4.69, 9.17) is 14.6 Å². The van der Waals surface area contributed by atoms with Crippen LogP contribution in [-0.4, -0.2) is 17.9 Å². The first kappa shape index (κ1) is 12.7. The highest BCUT2D eigenvalue weighted by atomic mass is 16.7. The van der Waals surface area contributed by atoms with E-state index in [1.54, 1.807) is 12.1 Å². The molecule has 3 aromatic rings. The smallest absolute Gasteiger partial charge is 0.335 e. The van der Waals surface area contributed by atoms with E-state index in [2.05, 4.69) is 0 Å². The molecule has 0 unspecified atom stereocenters. The molecule has 0 saturated heterocycles. The van der Waals surface area contributed by atoms with Crippen molar-refractivity contribution < 1.29 is 19.4 Å². The van der Waals surface area contributed by atoms with Crippen LogP contribution in [0.15, 0.2) is 54.6 Å². The summed E-state index contributed by atoms with van der Waals surface area (Å²) in [4.78, 5) is 11.0. The number of hydrogen-bond acceptors (Lipinski definition) is 3. The van der Waals surface area contributed by atoms with Crippen LogP contribution in [0.2, 0.25) is 0 Å². The van der Waals surface area contributed by atoms with Gasteiger partial charge in [0.15, 0.2) is 11.5 Å². The molecule has 0 fully saturated rings. The van der Waals surface area contributed by atoms with E-state index in [0.29, 0.717) is 5.56 Å². The molecule has 108 valence electrons. The Morgan fingerprint density at radius 3 is 2.36 bits per heavy atom. The summed E-state index contributed by atoms with van der Waals surface area (Å²) in [7, 11) is 0. The van der Waals surface area contributed by atoms with Gasteiger partial charge in [0.2, 0.25) is 6.79 Å². The molecule has 4 heteroatoms. The largest absolute Gasteiger partial charge is 0.478 e. The molecule has 3 aromatic carbocycles. The first-order valence-corrected chi connectivity index (χ1v) is 6.88. The van der Waals surface area contributed by atoms with Gasteiger partial charge in [0, 0.05) is 0 Å². The van der Waals surface area contributed by atoms with Crippen molar-refractivity contribution in [2.45, 2.75) is 0 Å². The Balaban J connectivity index is 1.79. The molecule has 0 aliphatic carbocycles. The highest BCUT2D eigenvalue weighted by Gasteiger charge is 2.14. The van der Waals surface area contributed by atoms with Crippen LogP contribution in [0.25, 0.3) is 21.9 Å². The van der Waals surface area contributed by atoms with Crippen molar-refractivity contribution >= 4 is 16.7 Å². The van der Waals surface area contributed by atoms with Crippen molar-refractivity contribution in [1.82, 2.24) is 0 Å². The number of benzene rings is 3. The Labute approximate surface area is 126 Å². The molecule has 0 aromatic heterocycles. The Hall–Kier alpha value is -3.01. The van der Waals surface area contributed by atoms with Crippen molar-refractivity contribution in [3.8, 4) is 22.6 Å². The second-order valence-electron chi connectivity index (χ2n) is 5.15. The molecule has 1 heterocycles. The van der Waals surface area contributed by atoms with Gasteiger partial charge in [0.05, 0.1) is 5.56 Å². The third-order valence-corrected chi connectivity index (χ3v) is 3.79. The van der Waals surface area contributed by atoms with Crippen LogP contribution in [0.3, 0.4) is 0 Å². The van der Waals surface area contributed by atoms with Crippen LogP contribution in [-0.2, 0) is 0 Å². The average Bonchev–Trinajstić information content (AvgIpc) is 3.01. The third-order valence-electron chi connectivity index (χ3n) is 3.79. The molecule has 1 N–H and O–H groups in total. The van der Waals surface area contributed by atoms with Gasteiger partial charge >= 0.3 is 5.97 Å². The Kier molecular flexibility index (Phi) is 2.76. The number of carbonyl (C=O) groups is 1. The second kappa shape index (κ2) is 4.77. The molecule has 22 heavy (non-hydrogen) atoms. The fourth-order valence-electron chi connectivity index (χ4n) is 2.63. The molecular formula is C18H12O4. The van der Waals surface area contributed by atoms with E-state index >= 15 is 0 Å². The van der Waals surface area contributed by atoms with Gasteiger partial charge in [-0.3, -0.25) is 0 Å². The molecule has 0 atom stereocenters. The summed E-state index contributed by atoms with van der Waals surface area (Å²) < 4.78 is 10.7.